The van der Waals surface area contributed by atoms with E-state index < -0.39 is 5.97 Å². The van der Waals surface area contributed by atoms with Crippen molar-refractivity contribution in [1.82, 2.24) is 9.78 Å². The molecule has 2 heterocycles. The van der Waals surface area contributed by atoms with Gasteiger partial charge in [-0.15, -0.1) is 0 Å². The highest BCUT2D eigenvalue weighted by Crippen LogP contribution is 2.44. The number of carboxylic acid groups (broad SMARTS) is 1. The third-order valence-corrected chi connectivity index (χ3v) is 3.64. The zero-order chi connectivity index (χ0) is 13.6. The molecule has 0 bridgehead atoms. The van der Waals surface area contributed by atoms with Crippen molar-refractivity contribution in [3.05, 3.63) is 28.4 Å². The van der Waals surface area contributed by atoms with Gasteiger partial charge in [0.1, 0.15) is 0 Å². The van der Waals surface area contributed by atoms with Gasteiger partial charge in [-0.3, -0.25) is 4.68 Å². The molecule has 0 aliphatic carbocycles. The lowest BCUT2D eigenvalue weighted by Crippen LogP contribution is -1.99. The molecule has 1 N–H and O–H groups in total. The van der Waals surface area contributed by atoms with Gasteiger partial charge in [-0.05, 0) is 34.1 Å². The summed E-state index contributed by atoms with van der Waals surface area (Å²) < 4.78 is 12.9. The molecule has 0 spiro atoms. The monoisotopic (exact) mass is 324 g/mol. The van der Waals surface area contributed by atoms with E-state index in [4.69, 9.17) is 14.6 Å². The van der Waals surface area contributed by atoms with Gasteiger partial charge in [0.05, 0.1) is 10.2 Å². The minimum Gasteiger partial charge on any atom is -0.476 e. The third kappa shape index (κ3) is 1.86. The summed E-state index contributed by atoms with van der Waals surface area (Å²) in [5.41, 5.74) is 1.48. The molecule has 0 atom stereocenters. The minimum absolute atomic E-state index is 0.00191. The first-order valence-corrected chi connectivity index (χ1v) is 6.23. The molecule has 0 amide bonds. The van der Waals surface area contributed by atoms with Gasteiger partial charge in [0.15, 0.2) is 17.2 Å². The van der Waals surface area contributed by atoms with Crippen molar-refractivity contribution in [3.63, 3.8) is 0 Å². The van der Waals surface area contributed by atoms with Crippen LogP contribution in [0.3, 0.4) is 0 Å². The summed E-state index contributed by atoms with van der Waals surface area (Å²) in [6.45, 7) is 0.184. The summed E-state index contributed by atoms with van der Waals surface area (Å²) in [5.74, 6) is 0.227. The zero-order valence-electron chi connectivity index (χ0n) is 9.88. The fraction of sp³-hybridized carbons (Fsp3) is 0.167. The molecule has 2 aromatic rings. The van der Waals surface area contributed by atoms with E-state index in [1.165, 1.54) is 10.7 Å². The predicted molar refractivity (Wildman–Crippen MR) is 69.4 cm³/mol. The quantitative estimate of drug-likeness (QED) is 0.917. The number of fused-ring (bicyclic) bond motifs is 1. The highest BCUT2D eigenvalue weighted by molar-refractivity contribution is 9.10. The lowest BCUT2D eigenvalue weighted by atomic mass is 10.1. The third-order valence-electron chi connectivity index (χ3n) is 2.85. The molecule has 0 saturated heterocycles. The maximum Gasteiger partial charge on any atom is 0.356 e. The van der Waals surface area contributed by atoms with Gasteiger partial charge in [0, 0.05) is 12.6 Å². The Hall–Kier alpha value is -2.02. The number of benzene rings is 1. The number of nitrogens with zero attached hydrogens (tertiary/aromatic N) is 2. The zero-order valence-corrected chi connectivity index (χ0v) is 11.5. The number of carbonyl (C=O) groups is 1. The Morgan fingerprint density at radius 1 is 1.47 bits per heavy atom. The van der Waals surface area contributed by atoms with Gasteiger partial charge in [-0.1, -0.05) is 0 Å². The maximum atomic E-state index is 10.9. The molecule has 1 aliphatic rings. The molecule has 1 aromatic carbocycles. The Morgan fingerprint density at radius 2 is 2.26 bits per heavy atom. The molecule has 0 unspecified atom stereocenters. The molecule has 0 radical (unpaired) electrons. The van der Waals surface area contributed by atoms with E-state index in [1.54, 1.807) is 13.1 Å². The maximum absolute atomic E-state index is 10.9. The number of hydrogen-bond donors (Lipinski definition) is 1. The molecule has 1 aliphatic heterocycles. The Morgan fingerprint density at radius 3 is 2.95 bits per heavy atom. The Bertz CT molecular complexity index is 681. The topological polar surface area (TPSA) is 73.6 Å². The summed E-state index contributed by atoms with van der Waals surface area (Å²) >= 11 is 3.46. The first-order valence-electron chi connectivity index (χ1n) is 5.43. The average molecular weight is 325 g/mol. The number of carboxylic acids is 1. The van der Waals surface area contributed by atoms with Gasteiger partial charge in [-0.2, -0.15) is 5.10 Å². The van der Waals surface area contributed by atoms with Gasteiger partial charge in [0.2, 0.25) is 6.79 Å². The number of ether oxygens (including phenoxy) is 2. The molecule has 98 valence electrons. The van der Waals surface area contributed by atoms with Gasteiger partial charge in [-0.25, -0.2) is 4.79 Å². The van der Waals surface area contributed by atoms with E-state index in [9.17, 15) is 4.79 Å². The molecule has 1 aromatic heterocycles. The highest BCUT2D eigenvalue weighted by Gasteiger charge is 2.22. The van der Waals surface area contributed by atoms with E-state index in [0.717, 1.165) is 10.0 Å². The van der Waals surface area contributed by atoms with Crippen LogP contribution in [0.25, 0.3) is 11.3 Å². The first-order chi connectivity index (χ1) is 9.08. The molecule has 19 heavy (non-hydrogen) atoms. The predicted octanol–water partition coefficient (Wildman–Crippen LogP) is 2.28. The van der Waals surface area contributed by atoms with Crippen molar-refractivity contribution in [1.29, 1.82) is 0 Å². The Kier molecular flexibility index (Phi) is 2.70. The van der Waals surface area contributed by atoms with Crippen LogP contribution in [-0.4, -0.2) is 27.6 Å². The van der Waals surface area contributed by atoms with Crippen LogP contribution in [0.5, 0.6) is 11.5 Å². The van der Waals surface area contributed by atoms with Crippen molar-refractivity contribution < 1.29 is 19.4 Å². The highest BCUT2D eigenvalue weighted by atomic mass is 79.9. The van der Waals surface area contributed by atoms with Crippen LogP contribution < -0.4 is 9.47 Å². The second-order valence-corrected chi connectivity index (χ2v) is 4.80. The first kappa shape index (κ1) is 12.0. The molecule has 7 heteroatoms. The van der Waals surface area contributed by atoms with Crippen molar-refractivity contribution in [3.8, 4) is 22.8 Å². The number of hydrogen-bond acceptors (Lipinski definition) is 4. The fourth-order valence-electron chi connectivity index (χ4n) is 1.96. The molecule has 6 nitrogen and oxygen atoms in total. The Labute approximate surface area is 116 Å². The Balaban J connectivity index is 2.15. The van der Waals surface area contributed by atoms with Gasteiger partial charge >= 0.3 is 5.97 Å². The second-order valence-electron chi connectivity index (χ2n) is 4.00. The normalized spacial score (nSPS) is 12.7. The van der Waals surface area contributed by atoms with E-state index in [-0.39, 0.29) is 12.5 Å². The van der Waals surface area contributed by atoms with E-state index in [0.29, 0.717) is 17.2 Å². The van der Waals surface area contributed by atoms with Gasteiger partial charge < -0.3 is 14.6 Å². The van der Waals surface area contributed by atoms with Gasteiger partial charge in [0.25, 0.3) is 0 Å². The second kappa shape index (κ2) is 4.27. The van der Waals surface area contributed by atoms with Crippen LogP contribution in [-0.2, 0) is 7.05 Å². The van der Waals surface area contributed by atoms with Crippen LogP contribution in [0, 0.1) is 0 Å². The molecular weight excluding hydrogens is 316 g/mol. The summed E-state index contributed by atoms with van der Waals surface area (Å²) in [5, 5.41) is 12.9. The van der Waals surface area contributed by atoms with Crippen molar-refractivity contribution in [2.45, 2.75) is 0 Å². The van der Waals surface area contributed by atoms with E-state index in [2.05, 4.69) is 21.0 Å². The molecule has 3 rings (SSSR count). The van der Waals surface area contributed by atoms with Crippen molar-refractivity contribution in [2.24, 2.45) is 7.05 Å². The SMILES string of the molecule is Cn1nc(C(=O)O)cc1-c1ccc2c(c1Br)OCO2. The number of halogens is 1. The molecule has 0 saturated carbocycles. The van der Waals surface area contributed by atoms with Crippen molar-refractivity contribution >= 4 is 21.9 Å². The lowest BCUT2D eigenvalue weighted by Gasteiger charge is -2.07. The minimum atomic E-state index is -1.06. The van der Waals surface area contributed by atoms with Crippen LogP contribution in [0.2, 0.25) is 0 Å². The average Bonchev–Trinajstić information content (AvgIpc) is 2.97. The standard InChI is InChI=1S/C12H9BrN2O4/c1-15-8(4-7(14-15)12(16)17)6-2-3-9-11(10(6)13)19-5-18-9/h2-4H,5H2,1H3,(H,16,17). The summed E-state index contributed by atoms with van der Waals surface area (Å²) in [7, 11) is 1.69. The summed E-state index contributed by atoms with van der Waals surface area (Å²) in [4.78, 5) is 10.9. The van der Waals surface area contributed by atoms with Crippen LogP contribution in [0.4, 0.5) is 0 Å². The van der Waals surface area contributed by atoms with Crippen molar-refractivity contribution in [2.75, 3.05) is 6.79 Å². The van der Waals surface area contributed by atoms with E-state index in [1.807, 2.05) is 6.07 Å². The molecular formula is C12H9BrN2O4. The van der Waals surface area contributed by atoms with Crippen LogP contribution in [0.1, 0.15) is 10.5 Å². The van der Waals surface area contributed by atoms with Crippen LogP contribution in [0.15, 0.2) is 22.7 Å². The number of aryl methyl sites for hydroxylation is 1. The summed E-state index contributed by atoms with van der Waals surface area (Å²) in [6.07, 6.45) is 0. The number of aromatic carboxylic acids is 1. The smallest absolute Gasteiger partial charge is 0.356 e. The molecule has 0 fully saturated rings. The number of aromatic nitrogens is 2. The fourth-order valence-corrected chi connectivity index (χ4v) is 2.61. The van der Waals surface area contributed by atoms with E-state index >= 15 is 0 Å². The lowest BCUT2D eigenvalue weighted by molar-refractivity contribution is 0.0689. The number of rotatable bonds is 2. The largest absolute Gasteiger partial charge is 0.476 e. The summed E-state index contributed by atoms with van der Waals surface area (Å²) in [6, 6.07) is 5.14. The van der Waals surface area contributed by atoms with Crippen LogP contribution >= 0.6 is 15.9 Å².